The molecule has 1 amide bonds. The lowest BCUT2D eigenvalue weighted by atomic mass is 9.86. The highest BCUT2D eigenvalue weighted by atomic mass is 32.2. The number of nitrogens with one attached hydrogen (secondary N) is 1. The summed E-state index contributed by atoms with van der Waals surface area (Å²) < 4.78 is 1.55. The van der Waals surface area contributed by atoms with Gasteiger partial charge in [-0.05, 0) is 38.5 Å². The van der Waals surface area contributed by atoms with Crippen LogP contribution >= 0.6 is 11.8 Å². The van der Waals surface area contributed by atoms with Crippen LogP contribution in [0.4, 0.5) is 0 Å². The van der Waals surface area contributed by atoms with Crippen molar-refractivity contribution in [2.24, 2.45) is 5.92 Å². The molecule has 3 N–H and O–H groups in total. The Hall–Kier alpha value is -1.24. The van der Waals surface area contributed by atoms with E-state index in [4.69, 9.17) is 5.84 Å². The zero-order valence-electron chi connectivity index (χ0n) is 13.3. The number of nitrogens with two attached hydrogens (primary N) is 1. The standard InChI is InChI=1S/C15H25N5OS/c1-9-5-3-4-6-12(9)17-14(21)10(2)22-15-19-18-13(20(15)16)11-7-8-11/h9-12H,3-8,16H2,1-2H3,(H,17,21)/t9-,10-,12+/m0/s1. The smallest absolute Gasteiger partial charge is 0.233 e. The fourth-order valence-corrected chi connectivity index (χ4v) is 3.82. The van der Waals surface area contributed by atoms with E-state index in [0.717, 1.165) is 25.1 Å². The number of thioether (sulfide) groups is 1. The molecule has 0 saturated heterocycles. The fraction of sp³-hybridized carbons (Fsp3) is 0.800. The molecule has 1 aromatic heterocycles. The van der Waals surface area contributed by atoms with E-state index < -0.39 is 0 Å². The summed E-state index contributed by atoms with van der Waals surface area (Å²) in [7, 11) is 0. The van der Waals surface area contributed by atoms with Crippen LogP contribution in [0.1, 0.15) is 64.1 Å². The molecule has 3 rings (SSSR count). The third-order valence-corrected chi connectivity index (χ3v) is 5.78. The van der Waals surface area contributed by atoms with Crippen molar-refractivity contribution in [1.82, 2.24) is 20.2 Å². The second kappa shape index (κ2) is 6.48. The predicted molar refractivity (Wildman–Crippen MR) is 87.0 cm³/mol. The van der Waals surface area contributed by atoms with Crippen LogP contribution in [-0.4, -0.2) is 32.1 Å². The number of amides is 1. The van der Waals surface area contributed by atoms with Crippen LogP contribution in [0.25, 0.3) is 0 Å². The fourth-order valence-electron chi connectivity index (χ4n) is 3.03. The summed E-state index contributed by atoms with van der Waals surface area (Å²) in [5.74, 6) is 7.97. The minimum absolute atomic E-state index is 0.0692. The molecule has 2 aliphatic rings. The van der Waals surface area contributed by atoms with Crippen LogP contribution < -0.4 is 11.2 Å². The normalized spacial score (nSPS) is 26.6. The van der Waals surface area contributed by atoms with Crippen LogP contribution in [0, 0.1) is 5.92 Å². The van der Waals surface area contributed by atoms with Gasteiger partial charge in [0, 0.05) is 12.0 Å². The third kappa shape index (κ3) is 3.39. The van der Waals surface area contributed by atoms with E-state index in [0.29, 0.717) is 23.0 Å². The molecule has 22 heavy (non-hydrogen) atoms. The van der Waals surface area contributed by atoms with Crippen LogP contribution in [0.15, 0.2) is 5.16 Å². The summed E-state index contributed by atoms with van der Waals surface area (Å²) in [5.41, 5.74) is 0. The van der Waals surface area contributed by atoms with E-state index in [1.165, 1.54) is 31.0 Å². The zero-order chi connectivity index (χ0) is 15.7. The van der Waals surface area contributed by atoms with Gasteiger partial charge in [0.15, 0.2) is 5.82 Å². The van der Waals surface area contributed by atoms with Crippen molar-refractivity contribution in [3.63, 3.8) is 0 Å². The molecule has 0 radical (unpaired) electrons. The number of nitrogens with zero attached hydrogens (tertiary/aromatic N) is 3. The van der Waals surface area contributed by atoms with Crippen molar-refractivity contribution in [1.29, 1.82) is 0 Å². The first-order valence-corrected chi connectivity index (χ1v) is 9.11. The second-order valence-corrected chi connectivity index (χ2v) is 7.93. The third-order valence-electron chi connectivity index (χ3n) is 4.72. The monoisotopic (exact) mass is 323 g/mol. The van der Waals surface area contributed by atoms with Gasteiger partial charge in [-0.2, -0.15) is 0 Å². The van der Waals surface area contributed by atoms with Crippen molar-refractivity contribution in [2.75, 3.05) is 5.84 Å². The van der Waals surface area contributed by atoms with E-state index in [2.05, 4.69) is 22.4 Å². The van der Waals surface area contributed by atoms with Gasteiger partial charge in [-0.25, -0.2) is 4.68 Å². The Bertz CT molecular complexity index is 542. The Balaban J connectivity index is 1.56. The number of carbonyl (C=O) groups is 1. The summed E-state index contributed by atoms with van der Waals surface area (Å²) in [5, 5.41) is 11.9. The Morgan fingerprint density at radius 2 is 2.05 bits per heavy atom. The predicted octanol–water partition coefficient (Wildman–Crippen LogP) is 2.04. The van der Waals surface area contributed by atoms with Crippen molar-refractivity contribution in [3.8, 4) is 0 Å². The summed E-state index contributed by atoms with van der Waals surface area (Å²) in [6.45, 7) is 4.12. The second-order valence-electron chi connectivity index (χ2n) is 6.62. The molecule has 122 valence electrons. The Labute approximate surface area is 135 Å². The van der Waals surface area contributed by atoms with Crippen molar-refractivity contribution >= 4 is 17.7 Å². The number of carbonyl (C=O) groups excluding carboxylic acids is 1. The molecular formula is C15H25N5OS. The first kappa shape index (κ1) is 15.6. The number of aromatic nitrogens is 3. The number of rotatable bonds is 5. The molecule has 6 nitrogen and oxygen atoms in total. The van der Waals surface area contributed by atoms with Crippen molar-refractivity contribution in [2.45, 2.75) is 74.7 Å². The molecule has 0 aromatic carbocycles. The van der Waals surface area contributed by atoms with Gasteiger partial charge in [-0.15, -0.1) is 10.2 Å². The average Bonchev–Trinajstić information content (AvgIpc) is 3.27. The van der Waals surface area contributed by atoms with Crippen molar-refractivity contribution < 1.29 is 4.79 Å². The highest BCUT2D eigenvalue weighted by molar-refractivity contribution is 8.00. The molecule has 2 fully saturated rings. The quantitative estimate of drug-likeness (QED) is 0.640. The molecule has 7 heteroatoms. The molecule has 1 heterocycles. The first-order chi connectivity index (χ1) is 10.6. The van der Waals surface area contributed by atoms with Crippen LogP contribution in [0.2, 0.25) is 0 Å². The molecule has 2 aliphatic carbocycles. The molecule has 0 bridgehead atoms. The maximum Gasteiger partial charge on any atom is 0.233 e. The lowest BCUT2D eigenvalue weighted by Crippen LogP contribution is -2.44. The zero-order valence-corrected chi connectivity index (χ0v) is 14.1. The van der Waals surface area contributed by atoms with Crippen molar-refractivity contribution in [3.05, 3.63) is 5.82 Å². The van der Waals surface area contributed by atoms with E-state index in [1.807, 2.05) is 6.92 Å². The van der Waals surface area contributed by atoms with E-state index >= 15 is 0 Å². The SMILES string of the molecule is C[C@H](Sc1nnc(C2CC2)n1N)C(=O)N[C@@H]1CCCC[C@@H]1C. The highest BCUT2D eigenvalue weighted by Gasteiger charge is 2.31. The van der Waals surface area contributed by atoms with Crippen LogP contribution in [0.5, 0.6) is 0 Å². The van der Waals surface area contributed by atoms with Gasteiger partial charge < -0.3 is 11.2 Å². The van der Waals surface area contributed by atoms with E-state index in [-0.39, 0.29) is 11.2 Å². The van der Waals surface area contributed by atoms with Crippen LogP contribution in [-0.2, 0) is 4.79 Å². The molecule has 3 atom stereocenters. The Kier molecular flexibility index (Phi) is 4.61. The maximum absolute atomic E-state index is 12.4. The summed E-state index contributed by atoms with van der Waals surface area (Å²) in [6, 6.07) is 0.307. The highest BCUT2D eigenvalue weighted by Crippen LogP contribution is 2.39. The molecule has 0 unspecified atom stereocenters. The number of nitrogen functional groups attached to an aromatic ring is 1. The van der Waals surface area contributed by atoms with Gasteiger partial charge >= 0.3 is 0 Å². The number of hydrogen-bond donors (Lipinski definition) is 2. The van der Waals surface area contributed by atoms with Gasteiger partial charge in [0.1, 0.15) is 0 Å². The van der Waals surface area contributed by atoms with Gasteiger partial charge in [-0.1, -0.05) is 31.5 Å². The minimum Gasteiger partial charge on any atom is -0.352 e. The molecular weight excluding hydrogens is 298 g/mol. The van der Waals surface area contributed by atoms with Crippen LogP contribution in [0.3, 0.4) is 0 Å². The molecule has 2 saturated carbocycles. The number of hydrogen-bond acceptors (Lipinski definition) is 5. The van der Waals surface area contributed by atoms with E-state index in [1.54, 1.807) is 4.68 Å². The van der Waals surface area contributed by atoms with Gasteiger partial charge in [0.2, 0.25) is 11.1 Å². The summed E-state index contributed by atoms with van der Waals surface area (Å²) in [6.07, 6.45) is 7.04. The van der Waals surface area contributed by atoms with Gasteiger partial charge in [0.25, 0.3) is 0 Å². The minimum atomic E-state index is -0.215. The maximum atomic E-state index is 12.4. The summed E-state index contributed by atoms with van der Waals surface area (Å²) in [4.78, 5) is 12.4. The molecule has 0 spiro atoms. The van der Waals surface area contributed by atoms with Gasteiger partial charge in [-0.3, -0.25) is 4.79 Å². The Morgan fingerprint density at radius 3 is 2.73 bits per heavy atom. The average molecular weight is 323 g/mol. The lowest BCUT2D eigenvalue weighted by molar-refractivity contribution is -0.121. The Morgan fingerprint density at radius 1 is 1.32 bits per heavy atom. The van der Waals surface area contributed by atoms with Gasteiger partial charge in [0.05, 0.1) is 5.25 Å². The summed E-state index contributed by atoms with van der Waals surface area (Å²) >= 11 is 1.39. The molecule has 1 aromatic rings. The first-order valence-electron chi connectivity index (χ1n) is 8.23. The van der Waals surface area contributed by atoms with E-state index in [9.17, 15) is 4.79 Å². The largest absolute Gasteiger partial charge is 0.352 e. The lowest BCUT2D eigenvalue weighted by Gasteiger charge is -2.30. The topological polar surface area (TPSA) is 85.8 Å². The molecule has 0 aliphatic heterocycles.